The van der Waals surface area contributed by atoms with E-state index in [-0.39, 0.29) is 22.6 Å². The molecule has 8 heteroatoms. The zero-order valence-electron chi connectivity index (χ0n) is 17.7. The molecule has 1 aromatic heterocycles. The lowest BCUT2D eigenvalue weighted by atomic mass is 10.1. The number of nitrogens with zero attached hydrogens (tertiary/aromatic N) is 3. The van der Waals surface area contributed by atoms with Gasteiger partial charge in [0.15, 0.2) is 5.78 Å². The molecule has 1 aliphatic rings. The van der Waals surface area contributed by atoms with Crippen molar-refractivity contribution in [1.82, 2.24) is 9.47 Å². The van der Waals surface area contributed by atoms with Gasteiger partial charge >= 0.3 is 0 Å². The molecule has 0 aliphatic carbocycles. The lowest BCUT2D eigenvalue weighted by Crippen LogP contribution is -2.35. The van der Waals surface area contributed by atoms with Crippen LogP contribution in [0.15, 0.2) is 54.6 Å². The van der Waals surface area contributed by atoms with E-state index in [1.165, 1.54) is 17.7 Å². The van der Waals surface area contributed by atoms with Gasteiger partial charge in [0.1, 0.15) is 0 Å². The van der Waals surface area contributed by atoms with Crippen molar-refractivity contribution in [2.45, 2.75) is 26.8 Å². The number of carbonyl (C=O) groups excluding carboxylic acids is 3. The van der Waals surface area contributed by atoms with E-state index in [2.05, 4.69) is 0 Å². The smallest absolute Gasteiger partial charge is 0.270 e. The number of aromatic nitrogens is 1. The number of nitro benzene ring substituents is 1. The Kier molecular flexibility index (Phi) is 5.44. The highest BCUT2D eigenvalue weighted by Crippen LogP contribution is 2.27. The second-order valence-electron chi connectivity index (χ2n) is 7.78. The number of aryl methyl sites for hydroxylation is 2. The number of hydrogen-bond donors (Lipinski definition) is 0. The molecule has 0 fully saturated rings. The van der Waals surface area contributed by atoms with E-state index < -0.39 is 23.3 Å². The summed E-state index contributed by atoms with van der Waals surface area (Å²) in [4.78, 5) is 49.6. The van der Waals surface area contributed by atoms with E-state index in [1.54, 1.807) is 6.07 Å². The maximum Gasteiger partial charge on any atom is 0.270 e. The van der Waals surface area contributed by atoms with E-state index in [1.807, 2.05) is 48.7 Å². The molecule has 3 aromatic rings. The van der Waals surface area contributed by atoms with Crippen LogP contribution in [0.25, 0.3) is 0 Å². The molecule has 4 rings (SSSR count). The number of rotatable bonds is 7. The zero-order chi connectivity index (χ0) is 23.0. The predicted octanol–water partition coefficient (Wildman–Crippen LogP) is 3.73. The highest BCUT2D eigenvalue weighted by molar-refractivity contribution is 6.23. The highest BCUT2D eigenvalue weighted by Gasteiger charge is 2.38. The average Bonchev–Trinajstić information content (AvgIpc) is 3.20. The number of imide groups is 1. The molecule has 32 heavy (non-hydrogen) atoms. The van der Waals surface area contributed by atoms with Crippen LogP contribution < -0.4 is 0 Å². The van der Waals surface area contributed by atoms with Gasteiger partial charge in [-0.1, -0.05) is 30.3 Å². The normalized spacial score (nSPS) is 12.9. The van der Waals surface area contributed by atoms with Gasteiger partial charge in [-0.05, 0) is 38.0 Å². The Morgan fingerprint density at radius 3 is 2.34 bits per heavy atom. The van der Waals surface area contributed by atoms with Crippen molar-refractivity contribution in [2.75, 3.05) is 6.54 Å². The Balaban J connectivity index is 1.52. The van der Waals surface area contributed by atoms with E-state index in [4.69, 9.17) is 0 Å². The van der Waals surface area contributed by atoms with Gasteiger partial charge in [-0.25, -0.2) is 0 Å². The van der Waals surface area contributed by atoms with Crippen LogP contribution in [0, 0.1) is 24.0 Å². The van der Waals surface area contributed by atoms with Crippen LogP contribution in [0.4, 0.5) is 5.69 Å². The van der Waals surface area contributed by atoms with Crippen LogP contribution >= 0.6 is 0 Å². The van der Waals surface area contributed by atoms with E-state index in [0.717, 1.165) is 28.8 Å². The first-order valence-corrected chi connectivity index (χ1v) is 10.2. The third-order valence-electron chi connectivity index (χ3n) is 5.81. The van der Waals surface area contributed by atoms with E-state index in [9.17, 15) is 24.5 Å². The molecule has 2 aromatic carbocycles. The number of carbonyl (C=O) groups is 3. The van der Waals surface area contributed by atoms with Gasteiger partial charge in [-0.2, -0.15) is 0 Å². The highest BCUT2D eigenvalue weighted by atomic mass is 16.6. The number of benzene rings is 2. The fourth-order valence-corrected chi connectivity index (χ4v) is 4.08. The second-order valence-corrected chi connectivity index (χ2v) is 7.78. The van der Waals surface area contributed by atoms with Gasteiger partial charge in [0.05, 0.1) is 22.6 Å². The Morgan fingerprint density at radius 1 is 0.969 bits per heavy atom. The summed E-state index contributed by atoms with van der Waals surface area (Å²) in [7, 11) is 0. The Bertz CT molecular complexity index is 1260. The van der Waals surface area contributed by atoms with Gasteiger partial charge in [-0.3, -0.25) is 29.4 Å². The topological polar surface area (TPSA) is 103 Å². The molecule has 2 amide bonds. The monoisotopic (exact) mass is 431 g/mol. The number of non-ortho nitro benzene ring substituents is 1. The number of hydrogen-bond acceptors (Lipinski definition) is 5. The van der Waals surface area contributed by atoms with Gasteiger partial charge in [0, 0.05) is 35.6 Å². The SMILES string of the molecule is Cc1cc(C(=O)CN2C(=O)c3ccc([N+](=O)[O-])cc3C2=O)c(C)n1CCc1ccccc1. The second kappa shape index (κ2) is 8.22. The fraction of sp³-hybridized carbons (Fsp3) is 0.208. The van der Waals surface area contributed by atoms with Crippen molar-refractivity contribution in [2.24, 2.45) is 0 Å². The predicted molar refractivity (Wildman–Crippen MR) is 117 cm³/mol. The molecule has 0 bridgehead atoms. The maximum atomic E-state index is 13.0. The van der Waals surface area contributed by atoms with Crippen molar-refractivity contribution >= 4 is 23.3 Å². The van der Waals surface area contributed by atoms with Crippen LogP contribution in [0.2, 0.25) is 0 Å². The van der Waals surface area contributed by atoms with Crippen molar-refractivity contribution in [1.29, 1.82) is 0 Å². The first kappa shape index (κ1) is 21.2. The number of ketones is 1. The lowest BCUT2D eigenvalue weighted by Gasteiger charge is -2.13. The lowest BCUT2D eigenvalue weighted by molar-refractivity contribution is -0.384. The first-order chi connectivity index (χ1) is 15.3. The fourth-order valence-electron chi connectivity index (χ4n) is 4.08. The van der Waals surface area contributed by atoms with Gasteiger partial charge in [0.25, 0.3) is 17.5 Å². The molecule has 0 radical (unpaired) electrons. The van der Waals surface area contributed by atoms with E-state index in [0.29, 0.717) is 12.1 Å². The zero-order valence-corrected chi connectivity index (χ0v) is 17.7. The Morgan fingerprint density at radius 2 is 1.66 bits per heavy atom. The Hall–Kier alpha value is -4.07. The minimum absolute atomic E-state index is 0.0506. The summed E-state index contributed by atoms with van der Waals surface area (Å²) in [5, 5.41) is 11.0. The largest absolute Gasteiger partial charge is 0.348 e. The van der Waals surface area contributed by atoms with Crippen LogP contribution in [0.1, 0.15) is 48.0 Å². The number of fused-ring (bicyclic) bond motifs is 1. The maximum absolute atomic E-state index is 13.0. The quantitative estimate of drug-likeness (QED) is 0.245. The molecule has 0 atom stereocenters. The van der Waals surface area contributed by atoms with Gasteiger partial charge < -0.3 is 4.57 Å². The summed E-state index contributed by atoms with van der Waals surface area (Å²) in [6.45, 7) is 4.04. The number of nitro groups is 1. The first-order valence-electron chi connectivity index (χ1n) is 10.2. The molecule has 0 saturated heterocycles. The number of amides is 2. The summed E-state index contributed by atoms with van der Waals surface area (Å²) in [5.41, 5.74) is 3.08. The van der Waals surface area contributed by atoms with Crippen molar-refractivity contribution in [3.05, 3.63) is 98.4 Å². The van der Waals surface area contributed by atoms with Crippen molar-refractivity contribution in [3.8, 4) is 0 Å². The molecular weight excluding hydrogens is 410 g/mol. The molecule has 0 spiro atoms. The minimum Gasteiger partial charge on any atom is -0.348 e. The van der Waals surface area contributed by atoms with Crippen LogP contribution in [-0.2, 0) is 13.0 Å². The molecule has 0 unspecified atom stereocenters. The Labute approximate surface area is 184 Å². The summed E-state index contributed by atoms with van der Waals surface area (Å²) >= 11 is 0. The molecular formula is C24H21N3O5. The standard InChI is InChI=1S/C24H21N3O5/c1-15-12-20(16(2)25(15)11-10-17-6-4-3-5-7-17)22(28)14-26-23(29)19-9-8-18(27(31)32)13-21(19)24(26)30/h3-9,12-13H,10-11,14H2,1-2H3. The summed E-state index contributed by atoms with van der Waals surface area (Å²) in [5.74, 6) is -1.67. The molecule has 1 aliphatic heterocycles. The molecule has 8 nitrogen and oxygen atoms in total. The van der Waals surface area contributed by atoms with Crippen LogP contribution in [0.3, 0.4) is 0 Å². The summed E-state index contributed by atoms with van der Waals surface area (Å²) < 4.78 is 2.05. The van der Waals surface area contributed by atoms with Crippen LogP contribution in [0.5, 0.6) is 0 Å². The molecule has 0 saturated carbocycles. The number of Topliss-reactive ketones (excluding diaryl/α,β-unsaturated/α-hetero) is 1. The average molecular weight is 431 g/mol. The molecule has 0 N–H and O–H groups in total. The molecule has 2 heterocycles. The van der Waals surface area contributed by atoms with Crippen molar-refractivity contribution in [3.63, 3.8) is 0 Å². The third kappa shape index (κ3) is 3.71. The van der Waals surface area contributed by atoms with Crippen LogP contribution in [-0.4, -0.2) is 38.5 Å². The van der Waals surface area contributed by atoms with Gasteiger partial charge in [0.2, 0.25) is 0 Å². The van der Waals surface area contributed by atoms with Gasteiger partial charge in [-0.15, -0.1) is 0 Å². The van der Waals surface area contributed by atoms with Crippen molar-refractivity contribution < 1.29 is 19.3 Å². The summed E-state index contributed by atoms with van der Waals surface area (Å²) in [6, 6.07) is 15.3. The van der Waals surface area contributed by atoms with E-state index >= 15 is 0 Å². The minimum atomic E-state index is -0.695. The summed E-state index contributed by atoms with van der Waals surface area (Å²) in [6.07, 6.45) is 0.808. The molecule has 162 valence electrons. The third-order valence-corrected chi connectivity index (χ3v) is 5.81.